The smallest absolute Gasteiger partial charge is 0.126 e. The van der Waals surface area contributed by atoms with Gasteiger partial charge in [-0.2, -0.15) is 0 Å². The lowest BCUT2D eigenvalue weighted by Crippen LogP contribution is -2.33. The summed E-state index contributed by atoms with van der Waals surface area (Å²) in [6.07, 6.45) is 3.70. The van der Waals surface area contributed by atoms with E-state index in [9.17, 15) is 0 Å². The zero-order chi connectivity index (χ0) is 13.4. The third-order valence-corrected chi connectivity index (χ3v) is 3.44. The van der Waals surface area contributed by atoms with Crippen molar-refractivity contribution < 1.29 is 0 Å². The topological polar surface area (TPSA) is 28.2 Å². The lowest BCUT2D eigenvalue weighted by atomic mass is 10.2. The van der Waals surface area contributed by atoms with Crippen LogP contribution in [0.2, 0.25) is 0 Å². The highest BCUT2D eigenvalue weighted by Crippen LogP contribution is 2.12. The zero-order valence-corrected chi connectivity index (χ0v) is 12.2. The summed E-state index contributed by atoms with van der Waals surface area (Å²) in [6.45, 7) is 8.91. The second-order valence-electron chi connectivity index (χ2n) is 4.85. The van der Waals surface area contributed by atoms with E-state index in [1.807, 2.05) is 13.1 Å². The van der Waals surface area contributed by atoms with Crippen LogP contribution in [0.1, 0.15) is 45.7 Å². The molecular weight excluding hydrogens is 222 g/mol. The van der Waals surface area contributed by atoms with Crippen molar-refractivity contribution in [3.05, 3.63) is 23.9 Å². The monoisotopic (exact) mass is 249 g/mol. The molecule has 0 amide bonds. The first kappa shape index (κ1) is 15.0. The molecule has 0 bridgehead atoms. The molecule has 1 N–H and O–H groups in total. The maximum Gasteiger partial charge on any atom is 0.126 e. The van der Waals surface area contributed by atoms with Gasteiger partial charge in [0.15, 0.2) is 0 Å². The van der Waals surface area contributed by atoms with E-state index < -0.39 is 0 Å². The lowest BCUT2D eigenvalue weighted by Gasteiger charge is -2.28. The molecule has 0 saturated heterocycles. The van der Waals surface area contributed by atoms with Crippen molar-refractivity contribution in [1.29, 1.82) is 0 Å². The first-order valence-electron chi connectivity index (χ1n) is 7.09. The minimum absolute atomic E-state index is 0.622. The van der Waals surface area contributed by atoms with Crippen LogP contribution in [-0.4, -0.2) is 29.5 Å². The number of rotatable bonds is 8. The Morgan fingerprint density at radius 3 is 2.72 bits per heavy atom. The van der Waals surface area contributed by atoms with Gasteiger partial charge in [0.2, 0.25) is 0 Å². The Morgan fingerprint density at radius 1 is 1.33 bits per heavy atom. The SMILES string of the molecule is CCCCN(Cc1cccc(NC)n1)C(C)CC. The Morgan fingerprint density at radius 2 is 2.11 bits per heavy atom. The molecule has 1 unspecified atom stereocenters. The van der Waals surface area contributed by atoms with Crippen LogP contribution in [0.5, 0.6) is 0 Å². The van der Waals surface area contributed by atoms with Crippen LogP contribution in [-0.2, 0) is 6.54 Å². The maximum atomic E-state index is 4.60. The molecule has 3 heteroatoms. The van der Waals surface area contributed by atoms with E-state index in [4.69, 9.17) is 0 Å². The summed E-state index contributed by atoms with van der Waals surface area (Å²) in [5.74, 6) is 0.951. The van der Waals surface area contributed by atoms with Crippen LogP contribution in [0.15, 0.2) is 18.2 Å². The minimum Gasteiger partial charge on any atom is -0.373 e. The standard InChI is InChI=1S/C15H27N3/c1-5-7-11-18(13(3)6-2)12-14-9-8-10-15(16-4)17-14/h8-10,13H,5-7,11-12H2,1-4H3,(H,16,17). The van der Waals surface area contributed by atoms with Gasteiger partial charge in [-0.25, -0.2) is 4.98 Å². The number of anilines is 1. The van der Waals surface area contributed by atoms with Gasteiger partial charge in [-0.05, 0) is 38.4 Å². The normalized spacial score (nSPS) is 12.7. The van der Waals surface area contributed by atoms with Gasteiger partial charge in [0, 0.05) is 19.6 Å². The lowest BCUT2D eigenvalue weighted by molar-refractivity contribution is 0.190. The number of hydrogen-bond donors (Lipinski definition) is 1. The van der Waals surface area contributed by atoms with E-state index >= 15 is 0 Å². The molecule has 102 valence electrons. The molecule has 0 aliphatic heterocycles. The van der Waals surface area contributed by atoms with E-state index in [0.717, 1.165) is 24.6 Å². The number of hydrogen-bond acceptors (Lipinski definition) is 3. The summed E-state index contributed by atoms with van der Waals surface area (Å²) in [4.78, 5) is 7.14. The van der Waals surface area contributed by atoms with E-state index in [1.54, 1.807) is 0 Å². The molecule has 3 nitrogen and oxygen atoms in total. The van der Waals surface area contributed by atoms with Crippen LogP contribution >= 0.6 is 0 Å². The summed E-state index contributed by atoms with van der Waals surface area (Å²) in [7, 11) is 1.91. The Kier molecular flexibility index (Phi) is 6.73. The Hall–Kier alpha value is -1.09. The van der Waals surface area contributed by atoms with Crippen LogP contribution in [0.4, 0.5) is 5.82 Å². The van der Waals surface area contributed by atoms with Crippen LogP contribution < -0.4 is 5.32 Å². The average Bonchev–Trinajstić information content (AvgIpc) is 2.42. The second-order valence-corrected chi connectivity index (χ2v) is 4.85. The molecule has 0 fully saturated rings. The minimum atomic E-state index is 0.622. The predicted octanol–water partition coefficient (Wildman–Crippen LogP) is 3.52. The van der Waals surface area contributed by atoms with E-state index in [2.05, 4.69) is 48.1 Å². The van der Waals surface area contributed by atoms with Crippen LogP contribution in [0.25, 0.3) is 0 Å². The molecule has 0 aliphatic rings. The van der Waals surface area contributed by atoms with Crippen LogP contribution in [0, 0.1) is 0 Å². The molecule has 1 atom stereocenters. The van der Waals surface area contributed by atoms with Crippen molar-refractivity contribution in [3.8, 4) is 0 Å². The molecule has 0 radical (unpaired) electrons. The fraction of sp³-hybridized carbons (Fsp3) is 0.667. The highest BCUT2D eigenvalue weighted by atomic mass is 15.2. The molecular formula is C15H27N3. The van der Waals surface area contributed by atoms with E-state index in [-0.39, 0.29) is 0 Å². The molecule has 18 heavy (non-hydrogen) atoms. The number of aromatic nitrogens is 1. The Bertz CT molecular complexity index is 338. The molecule has 1 rings (SSSR count). The number of unbranched alkanes of at least 4 members (excludes halogenated alkanes) is 1. The van der Waals surface area contributed by atoms with Gasteiger partial charge >= 0.3 is 0 Å². The highest BCUT2D eigenvalue weighted by molar-refractivity contribution is 5.34. The molecule has 0 aromatic carbocycles. The average molecular weight is 249 g/mol. The highest BCUT2D eigenvalue weighted by Gasteiger charge is 2.12. The summed E-state index contributed by atoms with van der Waals surface area (Å²) in [6, 6.07) is 6.81. The van der Waals surface area contributed by atoms with E-state index in [1.165, 1.54) is 19.3 Å². The largest absolute Gasteiger partial charge is 0.373 e. The predicted molar refractivity (Wildman–Crippen MR) is 78.9 cm³/mol. The van der Waals surface area contributed by atoms with Gasteiger partial charge in [0.1, 0.15) is 5.82 Å². The van der Waals surface area contributed by atoms with Gasteiger partial charge in [0.25, 0.3) is 0 Å². The van der Waals surface area contributed by atoms with Crippen molar-refractivity contribution in [2.24, 2.45) is 0 Å². The van der Waals surface area contributed by atoms with Crippen molar-refractivity contribution in [2.75, 3.05) is 18.9 Å². The van der Waals surface area contributed by atoms with Crippen molar-refractivity contribution >= 4 is 5.82 Å². The first-order chi connectivity index (χ1) is 8.71. The molecule has 0 saturated carbocycles. The molecule has 1 aromatic rings. The van der Waals surface area contributed by atoms with Gasteiger partial charge < -0.3 is 5.32 Å². The fourth-order valence-corrected chi connectivity index (χ4v) is 1.99. The Balaban J connectivity index is 2.68. The third kappa shape index (κ3) is 4.65. The molecule has 1 heterocycles. The van der Waals surface area contributed by atoms with Gasteiger partial charge in [-0.3, -0.25) is 4.90 Å². The van der Waals surface area contributed by atoms with Crippen molar-refractivity contribution in [2.45, 2.75) is 52.6 Å². The molecule has 0 spiro atoms. The molecule has 0 aliphatic carbocycles. The summed E-state index contributed by atoms with van der Waals surface area (Å²) in [5.41, 5.74) is 1.15. The molecule has 1 aromatic heterocycles. The first-order valence-corrected chi connectivity index (χ1v) is 7.09. The van der Waals surface area contributed by atoms with Crippen molar-refractivity contribution in [3.63, 3.8) is 0 Å². The van der Waals surface area contributed by atoms with Gasteiger partial charge in [-0.1, -0.05) is 26.3 Å². The summed E-state index contributed by atoms with van der Waals surface area (Å²) in [5, 5.41) is 3.10. The third-order valence-electron chi connectivity index (χ3n) is 3.44. The number of nitrogens with one attached hydrogen (secondary N) is 1. The van der Waals surface area contributed by atoms with Crippen LogP contribution in [0.3, 0.4) is 0 Å². The number of pyridine rings is 1. The summed E-state index contributed by atoms with van der Waals surface area (Å²) >= 11 is 0. The fourth-order valence-electron chi connectivity index (χ4n) is 1.99. The van der Waals surface area contributed by atoms with Crippen molar-refractivity contribution in [1.82, 2.24) is 9.88 Å². The maximum absolute atomic E-state index is 4.60. The van der Waals surface area contributed by atoms with Gasteiger partial charge in [0.05, 0.1) is 5.69 Å². The second kappa shape index (κ2) is 8.09. The quantitative estimate of drug-likeness (QED) is 0.764. The van der Waals surface area contributed by atoms with E-state index in [0.29, 0.717) is 6.04 Å². The summed E-state index contributed by atoms with van der Waals surface area (Å²) < 4.78 is 0. The zero-order valence-electron chi connectivity index (χ0n) is 12.2. The Labute approximate surface area is 112 Å². The van der Waals surface area contributed by atoms with Gasteiger partial charge in [-0.15, -0.1) is 0 Å². The number of nitrogens with zero attached hydrogens (tertiary/aromatic N) is 2.